The molecule has 1 aromatic rings. The first-order valence-corrected chi connectivity index (χ1v) is 5.61. The van der Waals surface area contributed by atoms with Crippen LogP contribution in [0.1, 0.15) is 24.2 Å². The normalized spacial score (nSPS) is 23.2. The highest BCUT2D eigenvalue weighted by molar-refractivity contribution is 5.08. The molecule has 15 heavy (non-hydrogen) atoms. The first-order chi connectivity index (χ1) is 7.29. The molecule has 0 amide bonds. The monoisotopic (exact) mass is 209 g/mol. The van der Waals surface area contributed by atoms with Gasteiger partial charge in [-0.05, 0) is 32.2 Å². The fourth-order valence-corrected chi connectivity index (χ4v) is 2.20. The zero-order valence-electron chi connectivity index (χ0n) is 9.24. The molecule has 1 aliphatic heterocycles. The molecular formula is C11H19N3O. The van der Waals surface area contributed by atoms with Gasteiger partial charge in [-0.2, -0.15) is 0 Å². The molecule has 0 aromatic carbocycles. The van der Waals surface area contributed by atoms with Gasteiger partial charge in [0.25, 0.3) is 0 Å². The molecule has 84 valence electrons. The van der Waals surface area contributed by atoms with Gasteiger partial charge >= 0.3 is 0 Å². The SMILES string of the molecule is Cc1[nH]cnc1CN1CCCC(CO)C1. The van der Waals surface area contributed by atoms with Crippen LogP contribution < -0.4 is 0 Å². The lowest BCUT2D eigenvalue weighted by molar-refractivity contribution is 0.115. The van der Waals surface area contributed by atoms with Gasteiger partial charge in [-0.1, -0.05) is 0 Å². The fraction of sp³-hybridized carbons (Fsp3) is 0.727. The summed E-state index contributed by atoms with van der Waals surface area (Å²) in [5, 5.41) is 9.14. The Morgan fingerprint density at radius 1 is 1.67 bits per heavy atom. The molecule has 1 saturated heterocycles. The summed E-state index contributed by atoms with van der Waals surface area (Å²) in [6, 6.07) is 0. The van der Waals surface area contributed by atoms with Gasteiger partial charge in [0.05, 0.1) is 12.0 Å². The second-order valence-corrected chi connectivity index (χ2v) is 4.40. The van der Waals surface area contributed by atoms with Gasteiger partial charge in [0.1, 0.15) is 0 Å². The number of nitrogens with one attached hydrogen (secondary N) is 1. The molecule has 1 unspecified atom stereocenters. The van der Waals surface area contributed by atoms with Gasteiger partial charge in [0.2, 0.25) is 0 Å². The molecule has 1 fully saturated rings. The number of aliphatic hydroxyl groups is 1. The van der Waals surface area contributed by atoms with Crippen LogP contribution in [0, 0.1) is 12.8 Å². The molecule has 0 spiro atoms. The molecule has 1 atom stereocenters. The number of hydrogen-bond acceptors (Lipinski definition) is 3. The van der Waals surface area contributed by atoms with Crippen LogP contribution in [-0.4, -0.2) is 39.7 Å². The van der Waals surface area contributed by atoms with Crippen molar-refractivity contribution in [3.63, 3.8) is 0 Å². The standard InChI is InChI=1S/C11H19N3O/c1-9-11(13-8-12-9)6-14-4-2-3-10(5-14)7-15/h8,10,15H,2-7H2,1H3,(H,12,13). The summed E-state index contributed by atoms with van der Waals surface area (Å²) in [5.41, 5.74) is 2.29. The Balaban J connectivity index is 1.92. The number of imidazole rings is 1. The Morgan fingerprint density at radius 3 is 3.20 bits per heavy atom. The van der Waals surface area contributed by atoms with Crippen LogP contribution in [-0.2, 0) is 6.54 Å². The second-order valence-electron chi connectivity index (χ2n) is 4.40. The maximum atomic E-state index is 9.14. The molecule has 4 heteroatoms. The average Bonchev–Trinajstić information content (AvgIpc) is 2.65. The van der Waals surface area contributed by atoms with E-state index in [4.69, 9.17) is 5.11 Å². The number of nitrogens with zero attached hydrogens (tertiary/aromatic N) is 2. The molecule has 1 aromatic heterocycles. The molecule has 1 aliphatic rings. The van der Waals surface area contributed by atoms with Crippen LogP contribution >= 0.6 is 0 Å². The molecular weight excluding hydrogens is 190 g/mol. The summed E-state index contributed by atoms with van der Waals surface area (Å²) >= 11 is 0. The highest BCUT2D eigenvalue weighted by Crippen LogP contribution is 2.17. The highest BCUT2D eigenvalue weighted by Gasteiger charge is 2.19. The molecule has 2 rings (SSSR count). The van der Waals surface area contributed by atoms with Crippen LogP contribution in [0.2, 0.25) is 0 Å². The highest BCUT2D eigenvalue weighted by atomic mass is 16.3. The van der Waals surface area contributed by atoms with E-state index in [1.807, 2.05) is 0 Å². The van der Waals surface area contributed by atoms with Crippen molar-refractivity contribution in [1.82, 2.24) is 14.9 Å². The first-order valence-electron chi connectivity index (χ1n) is 5.61. The minimum atomic E-state index is 0.316. The topological polar surface area (TPSA) is 52.2 Å². The van der Waals surface area contributed by atoms with Gasteiger partial charge in [-0.15, -0.1) is 0 Å². The zero-order chi connectivity index (χ0) is 10.7. The van der Waals surface area contributed by atoms with Crippen molar-refractivity contribution in [2.45, 2.75) is 26.3 Å². The predicted molar refractivity (Wildman–Crippen MR) is 58.4 cm³/mol. The summed E-state index contributed by atoms with van der Waals surface area (Å²) < 4.78 is 0. The van der Waals surface area contributed by atoms with Crippen molar-refractivity contribution in [3.8, 4) is 0 Å². The number of aryl methyl sites for hydroxylation is 1. The maximum absolute atomic E-state index is 9.14. The summed E-state index contributed by atoms with van der Waals surface area (Å²) in [6.45, 7) is 5.41. The van der Waals surface area contributed by atoms with E-state index in [1.165, 1.54) is 6.42 Å². The van der Waals surface area contributed by atoms with Gasteiger partial charge in [0, 0.05) is 25.4 Å². The number of aromatic amines is 1. The predicted octanol–water partition coefficient (Wildman–Crippen LogP) is 0.922. The lowest BCUT2D eigenvalue weighted by Crippen LogP contribution is -2.36. The van der Waals surface area contributed by atoms with Gasteiger partial charge in [-0.25, -0.2) is 4.98 Å². The number of aliphatic hydroxyl groups excluding tert-OH is 1. The molecule has 4 nitrogen and oxygen atoms in total. The van der Waals surface area contributed by atoms with Crippen molar-refractivity contribution in [1.29, 1.82) is 0 Å². The number of rotatable bonds is 3. The Kier molecular flexibility index (Phi) is 3.38. The van der Waals surface area contributed by atoms with Gasteiger partial charge in [-0.3, -0.25) is 4.90 Å². The van der Waals surface area contributed by atoms with E-state index in [0.717, 1.165) is 37.4 Å². The molecule has 0 saturated carbocycles. The van der Waals surface area contributed by atoms with Crippen molar-refractivity contribution < 1.29 is 5.11 Å². The number of likely N-dealkylation sites (tertiary alicyclic amines) is 1. The Bertz CT molecular complexity index is 311. The van der Waals surface area contributed by atoms with E-state index in [-0.39, 0.29) is 0 Å². The third kappa shape index (κ3) is 2.58. The number of piperidine rings is 1. The van der Waals surface area contributed by atoms with E-state index >= 15 is 0 Å². The first kappa shape index (κ1) is 10.6. The van der Waals surface area contributed by atoms with E-state index in [0.29, 0.717) is 12.5 Å². The van der Waals surface area contributed by atoms with Crippen molar-refractivity contribution >= 4 is 0 Å². The van der Waals surface area contributed by atoms with E-state index < -0.39 is 0 Å². The summed E-state index contributed by atoms with van der Waals surface area (Å²) in [6.07, 6.45) is 4.10. The smallest absolute Gasteiger partial charge is 0.0925 e. The summed E-state index contributed by atoms with van der Waals surface area (Å²) in [7, 11) is 0. The van der Waals surface area contributed by atoms with Crippen molar-refractivity contribution in [2.24, 2.45) is 5.92 Å². The lowest BCUT2D eigenvalue weighted by Gasteiger charge is -2.31. The number of H-pyrrole nitrogens is 1. The minimum absolute atomic E-state index is 0.316. The minimum Gasteiger partial charge on any atom is -0.396 e. The van der Waals surface area contributed by atoms with E-state index in [1.54, 1.807) is 6.33 Å². The Morgan fingerprint density at radius 2 is 2.53 bits per heavy atom. The van der Waals surface area contributed by atoms with Crippen LogP contribution in [0.3, 0.4) is 0 Å². The summed E-state index contributed by atoms with van der Waals surface area (Å²) in [4.78, 5) is 9.78. The van der Waals surface area contributed by atoms with Crippen molar-refractivity contribution in [2.75, 3.05) is 19.7 Å². The molecule has 2 N–H and O–H groups in total. The quantitative estimate of drug-likeness (QED) is 0.778. The van der Waals surface area contributed by atoms with Gasteiger partial charge in [0.15, 0.2) is 0 Å². The maximum Gasteiger partial charge on any atom is 0.0925 e. The van der Waals surface area contributed by atoms with E-state index in [9.17, 15) is 0 Å². The largest absolute Gasteiger partial charge is 0.396 e. The lowest BCUT2D eigenvalue weighted by atomic mass is 9.99. The van der Waals surface area contributed by atoms with Crippen LogP contribution in [0.4, 0.5) is 0 Å². The second kappa shape index (κ2) is 4.77. The van der Waals surface area contributed by atoms with Crippen molar-refractivity contribution in [3.05, 3.63) is 17.7 Å². The zero-order valence-corrected chi connectivity index (χ0v) is 9.24. The van der Waals surface area contributed by atoms with Crippen LogP contribution in [0.25, 0.3) is 0 Å². The van der Waals surface area contributed by atoms with Gasteiger partial charge < -0.3 is 10.1 Å². The van der Waals surface area contributed by atoms with Crippen LogP contribution in [0.15, 0.2) is 6.33 Å². The number of hydrogen-bond donors (Lipinski definition) is 2. The molecule has 0 bridgehead atoms. The number of aromatic nitrogens is 2. The summed E-state index contributed by atoms with van der Waals surface area (Å²) in [5.74, 6) is 0.456. The fourth-order valence-electron chi connectivity index (χ4n) is 2.20. The Hall–Kier alpha value is -0.870. The average molecular weight is 209 g/mol. The molecule has 0 radical (unpaired) electrons. The third-order valence-electron chi connectivity index (χ3n) is 3.17. The van der Waals surface area contributed by atoms with Crippen LogP contribution in [0.5, 0.6) is 0 Å². The Labute approximate surface area is 90.3 Å². The molecule has 2 heterocycles. The van der Waals surface area contributed by atoms with E-state index in [2.05, 4.69) is 21.8 Å². The third-order valence-corrected chi connectivity index (χ3v) is 3.17. The molecule has 0 aliphatic carbocycles.